The fourth-order valence-electron chi connectivity index (χ4n) is 1.41. The van der Waals surface area contributed by atoms with Crippen LogP contribution in [0, 0.1) is 0 Å². The van der Waals surface area contributed by atoms with Gasteiger partial charge in [0, 0.05) is 29.1 Å². The molecule has 0 unspecified atom stereocenters. The smallest absolute Gasteiger partial charge is 0.207 e. The molecule has 0 bridgehead atoms. The van der Waals surface area contributed by atoms with Gasteiger partial charge in [0.15, 0.2) is 0 Å². The van der Waals surface area contributed by atoms with Crippen LogP contribution < -0.4 is 5.32 Å². The minimum atomic E-state index is 0.702. The van der Waals surface area contributed by atoms with Crippen molar-refractivity contribution in [1.29, 1.82) is 0 Å². The van der Waals surface area contributed by atoms with Crippen LogP contribution in [-0.2, 0) is 0 Å². The zero-order valence-electron chi connectivity index (χ0n) is 8.73. The highest BCUT2D eigenvalue weighted by atomic mass is 79.9. The normalized spacial score (nSPS) is 10.1. The molecule has 0 atom stereocenters. The van der Waals surface area contributed by atoms with Gasteiger partial charge in [0.05, 0.1) is 0 Å². The summed E-state index contributed by atoms with van der Waals surface area (Å²) in [7, 11) is 0. The molecular formula is C12H12BrN3. The molecule has 0 saturated heterocycles. The van der Waals surface area contributed by atoms with Gasteiger partial charge in [-0.15, -0.1) is 6.58 Å². The Morgan fingerprint density at radius 3 is 2.81 bits per heavy atom. The van der Waals surface area contributed by atoms with Crippen LogP contribution in [-0.4, -0.2) is 16.1 Å². The molecular weight excluding hydrogens is 266 g/mol. The average Bonchev–Trinajstić information content (AvgIpc) is 2.75. The Morgan fingerprint density at radius 2 is 2.12 bits per heavy atom. The van der Waals surface area contributed by atoms with Crippen molar-refractivity contribution in [3.05, 3.63) is 53.8 Å². The fourth-order valence-corrected chi connectivity index (χ4v) is 1.67. The van der Waals surface area contributed by atoms with E-state index in [1.165, 1.54) is 0 Å². The third-order valence-corrected chi connectivity index (χ3v) is 2.68. The number of halogens is 1. The van der Waals surface area contributed by atoms with Crippen LogP contribution in [0.5, 0.6) is 0 Å². The van der Waals surface area contributed by atoms with Crippen molar-refractivity contribution in [2.45, 2.75) is 0 Å². The zero-order chi connectivity index (χ0) is 11.4. The minimum Gasteiger partial charge on any atom is -0.352 e. The van der Waals surface area contributed by atoms with E-state index in [2.05, 4.69) is 32.8 Å². The van der Waals surface area contributed by atoms with E-state index < -0.39 is 0 Å². The van der Waals surface area contributed by atoms with Crippen molar-refractivity contribution < 1.29 is 0 Å². The second-order valence-electron chi connectivity index (χ2n) is 3.27. The number of anilines is 1. The molecule has 0 spiro atoms. The molecule has 82 valence electrons. The molecule has 0 radical (unpaired) electrons. The maximum atomic E-state index is 4.24. The van der Waals surface area contributed by atoms with E-state index >= 15 is 0 Å². The molecule has 16 heavy (non-hydrogen) atoms. The highest BCUT2D eigenvalue weighted by Crippen LogP contribution is 2.17. The number of rotatable bonds is 4. The van der Waals surface area contributed by atoms with Gasteiger partial charge in [-0.05, 0) is 24.3 Å². The lowest BCUT2D eigenvalue weighted by Crippen LogP contribution is -2.05. The number of hydrogen-bond acceptors (Lipinski definition) is 2. The lowest BCUT2D eigenvalue weighted by Gasteiger charge is -2.08. The van der Waals surface area contributed by atoms with E-state index in [0.717, 1.165) is 16.1 Å². The first-order valence-electron chi connectivity index (χ1n) is 4.95. The summed E-state index contributed by atoms with van der Waals surface area (Å²) < 4.78 is 3.06. The highest BCUT2D eigenvalue weighted by Gasteiger charge is 2.02. The van der Waals surface area contributed by atoms with Crippen molar-refractivity contribution in [3.8, 4) is 5.69 Å². The highest BCUT2D eigenvalue weighted by molar-refractivity contribution is 9.10. The number of nitrogens with zero attached hydrogens (tertiary/aromatic N) is 2. The van der Waals surface area contributed by atoms with E-state index in [4.69, 9.17) is 0 Å². The van der Waals surface area contributed by atoms with Crippen molar-refractivity contribution in [2.75, 3.05) is 11.9 Å². The molecule has 1 aromatic heterocycles. The van der Waals surface area contributed by atoms with E-state index in [9.17, 15) is 0 Å². The molecule has 1 heterocycles. The second-order valence-corrected chi connectivity index (χ2v) is 4.18. The van der Waals surface area contributed by atoms with Gasteiger partial charge >= 0.3 is 0 Å². The predicted molar refractivity (Wildman–Crippen MR) is 70.0 cm³/mol. The molecule has 0 aliphatic carbocycles. The largest absolute Gasteiger partial charge is 0.352 e. The quantitative estimate of drug-likeness (QED) is 0.870. The first-order valence-corrected chi connectivity index (χ1v) is 5.74. The van der Waals surface area contributed by atoms with Crippen LogP contribution in [0.25, 0.3) is 5.69 Å². The average molecular weight is 278 g/mol. The molecule has 0 amide bonds. The van der Waals surface area contributed by atoms with Crippen LogP contribution in [0.4, 0.5) is 5.95 Å². The second kappa shape index (κ2) is 4.99. The van der Waals surface area contributed by atoms with Crippen molar-refractivity contribution in [1.82, 2.24) is 9.55 Å². The van der Waals surface area contributed by atoms with Gasteiger partial charge in [0.1, 0.15) is 0 Å². The van der Waals surface area contributed by atoms with Gasteiger partial charge in [-0.25, -0.2) is 4.98 Å². The summed E-state index contributed by atoms with van der Waals surface area (Å²) >= 11 is 3.42. The SMILES string of the molecule is C=CCNc1nccn1-c1ccc(Br)cc1. The van der Waals surface area contributed by atoms with E-state index in [1.54, 1.807) is 12.3 Å². The molecule has 4 heteroatoms. The van der Waals surface area contributed by atoms with Crippen LogP contribution in [0.1, 0.15) is 0 Å². The van der Waals surface area contributed by atoms with Crippen molar-refractivity contribution in [2.24, 2.45) is 0 Å². The fraction of sp³-hybridized carbons (Fsp3) is 0.0833. The van der Waals surface area contributed by atoms with E-state index in [1.807, 2.05) is 35.0 Å². The Kier molecular flexibility index (Phi) is 3.41. The standard InChI is InChI=1S/C12H12BrN3/c1-2-7-14-12-15-8-9-16(12)11-5-3-10(13)4-6-11/h2-6,8-9H,1,7H2,(H,14,15). The third-order valence-electron chi connectivity index (χ3n) is 2.15. The van der Waals surface area contributed by atoms with Crippen molar-refractivity contribution in [3.63, 3.8) is 0 Å². The van der Waals surface area contributed by atoms with Crippen LogP contribution in [0.15, 0.2) is 53.8 Å². The molecule has 3 nitrogen and oxygen atoms in total. The monoisotopic (exact) mass is 277 g/mol. The lowest BCUT2D eigenvalue weighted by molar-refractivity contribution is 1.04. The van der Waals surface area contributed by atoms with Gasteiger partial charge in [-0.3, -0.25) is 4.57 Å². The van der Waals surface area contributed by atoms with Crippen LogP contribution >= 0.6 is 15.9 Å². The number of hydrogen-bond donors (Lipinski definition) is 1. The molecule has 1 N–H and O–H groups in total. The van der Waals surface area contributed by atoms with Gasteiger partial charge in [0.2, 0.25) is 5.95 Å². The topological polar surface area (TPSA) is 29.9 Å². The minimum absolute atomic E-state index is 0.702. The summed E-state index contributed by atoms with van der Waals surface area (Å²) in [6.45, 7) is 4.37. The number of aromatic nitrogens is 2. The molecule has 2 rings (SSSR count). The number of benzene rings is 1. The summed E-state index contributed by atoms with van der Waals surface area (Å²) in [6.07, 6.45) is 5.50. The third kappa shape index (κ3) is 2.33. The van der Waals surface area contributed by atoms with Crippen LogP contribution in [0.3, 0.4) is 0 Å². The Morgan fingerprint density at radius 1 is 1.38 bits per heavy atom. The van der Waals surface area contributed by atoms with Crippen molar-refractivity contribution >= 4 is 21.9 Å². The summed E-state index contributed by atoms with van der Waals surface area (Å²) in [5.74, 6) is 0.822. The molecule has 2 aromatic rings. The number of imidazole rings is 1. The molecule has 0 aliphatic heterocycles. The predicted octanol–water partition coefficient (Wildman–Crippen LogP) is 3.23. The summed E-state index contributed by atoms with van der Waals surface area (Å²) in [5, 5.41) is 3.18. The van der Waals surface area contributed by atoms with E-state index in [0.29, 0.717) is 6.54 Å². The van der Waals surface area contributed by atoms with Gasteiger partial charge in [0.25, 0.3) is 0 Å². The lowest BCUT2D eigenvalue weighted by atomic mass is 10.3. The van der Waals surface area contributed by atoms with Gasteiger partial charge in [-0.2, -0.15) is 0 Å². The maximum Gasteiger partial charge on any atom is 0.207 e. The molecule has 0 saturated carbocycles. The molecule has 0 aliphatic rings. The van der Waals surface area contributed by atoms with Gasteiger partial charge in [-0.1, -0.05) is 22.0 Å². The van der Waals surface area contributed by atoms with Crippen LogP contribution in [0.2, 0.25) is 0 Å². The maximum absolute atomic E-state index is 4.24. The summed E-state index contributed by atoms with van der Waals surface area (Å²) in [5.41, 5.74) is 1.08. The zero-order valence-corrected chi connectivity index (χ0v) is 10.3. The first-order chi connectivity index (χ1) is 7.81. The summed E-state index contributed by atoms with van der Waals surface area (Å²) in [4.78, 5) is 4.24. The molecule has 1 aromatic carbocycles. The molecule has 0 fully saturated rings. The first kappa shape index (κ1) is 11.0. The summed E-state index contributed by atoms with van der Waals surface area (Å²) in [6, 6.07) is 8.08. The number of nitrogens with one attached hydrogen (secondary N) is 1. The Labute approximate surface area is 103 Å². The van der Waals surface area contributed by atoms with Gasteiger partial charge < -0.3 is 5.32 Å². The van der Waals surface area contributed by atoms with E-state index in [-0.39, 0.29) is 0 Å². The Balaban J connectivity index is 2.29. The Bertz CT molecular complexity index is 473. The Hall–Kier alpha value is -1.55.